The summed E-state index contributed by atoms with van der Waals surface area (Å²) in [5.41, 5.74) is 0. The Morgan fingerprint density at radius 1 is 1.75 bits per heavy atom. The molecule has 8 heavy (non-hydrogen) atoms. The normalized spacial score (nSPS) is 13.2. The minimum atomic E-state index is 0.709. The quantitative estimate of drug-likeness (QED) is 0.407. The van der Waals surface area contributed by atoms with E-state index in [-0.39, 0.29) is 0 Å². The third-order valence-corrected chi connectivity index (χ3v) is 2.54. The van der Waals surface area contributed by atoms with Gasteiger partial charge >= 0.3 is 0 Å². The molecule has 0 saturated carbocycles. The summed E-state index contributed by atoms with van der Waals surface area (Å²) in [4.78, 5) is 9.82. The Morgan fingerprint density at radius 2 is 2.38 bits per heavy atom. The maximum Gasteiger partial charge on any atom is 0.120 e. The molecule has 0 aromatic rings. The molecule has 0 fully saturated rings. The van der Waals surface area contributed by atoms with Gasteiger partial charge in [0.25, 0.3) is 0 Å². The van der Waals surface area contributed by atoms with Crippen LogP contribution in [0.1, 0.15) is 19.8 Å². The second-order valence-corrected chi connectivity index (χ2v) is 2.88. The first-order valence-corrected chi connectivity index (χ1v) is 4.33. The molecule has 1 atom stereocenters. The number of hydrogen-bond acceptors (Lipinski definition) is 1. The molecular weight excluding hydrogens is 215 g/mol. The molecule has 0 aromatic heterocycles. The number of carbonyl (C=O) groups excluding carboxylic acids is 1. The largest absolute Gasteiger partial charge is 0.303 e. The summed E-state index contributed by atoms with van der Waals surface area (Å²) in [7, 11) is 0. The lowest BCUT2D eigenvalue weighted by atomic mass is 10.1. The minimum Gasteiger partial charge on any atom is -0.303 e. The van der Waals surface area contributed by atoms with Gasteiger partial charge in [0.2, 0.25) is 0 Å². The highest BCUT2D eigenvalue weighted by molar-refractivity contribution is 14.1. The van der Waals surface area contributed by atoms with E-state index in [2.05, 4.69) is 29.5 Å². The second-order valence-electron chi connectivity index (χ2n) is 2.00. The molecule has 0 amide bonds. The topological polar surface area (TPSA) is 17.1 Å². The van der Waals surface area contributed by atoms with Crippen LogP contribution in [0.5, 0.6) is 0 Å². The Hall–Kier alpha value is 0.400. The molecule has 0 heterocycles. The summed E-state index contributed by atoms with van der Waals surface area (Å²) < 4.78 is 1.16. The van der Waals surface area contributed by atoms with Crippen LogP contribution in [-0.2, 0) is 4.79 Å². The highest BCUT2D eigenvalue weighted by Crippen LogP contribution is 2.06. The highest BCUT2D eigenvalue weighted by Gasteiger charge is 1.96. The Morgan fingerprint density at radius 3 is 2.75 bits per heavy atom. The van der Waals surface area contributed by atoms with Crippen LogP contribution in [0.2, 0.25) is 0 Å². The molecule has 0 rings (SSSR count). The van der Waals surface area contributed by atoms with Gasteiger partial charge in [0, 0.05) is 10.8 Å². The van der Waals surface area contributed by atoms with Crippen LogP contribution >= 0.6 is 22.6 Å². The van der Waals surface area contributed by atoms with Crippen LogP contribution in [0.25, 0.3) is 0 Å². The van der Waals surface area contributed by atoms with E-state index in [1.165, 1.54) is 0 Å². The molecular formula is C6H11IO. The van der Waals surface area contributed by atoms with Crippen molar-refractivity contribution in [2.24, 2.45) is 5.92 Å². The van der Waals surface area contributed by atoms with Crippen LogP contribution in [0.3, 0.4) is 0 Å². The summed E-state index contributed by atoms with van der Waals surface area (Å²) in [6.07, 6.45) is 2.76. The smallest absolute Gasteiger partial charge is 0.120 e. The first-order valence-electron chi connectivity index (χ1n) is 2.81. The van der Waals surface area contributed by atoms with E-state index in [0.29, 0.717) is 5.92 Å². The van der Waals surface area contributed by atoms with Gasteiger partial charge in [0.1, 0.15) is 6.29 Å². The van der Waals surface area contributed by atoms with Crippen molar-refractivity contribution in [3.63, 3.8) is 0 Å². The van der Waals surface area contributed by atoms with Crippen molar-refractivity contribution in [1.82, 2.24) is 0 Å². The van der Waals surface area contributed by atoms with Gasteiger partial charge in [-0.15, -0.1) is 0 Å². The van der Waals surface area contributed by atoms with Crippen molar-refractivity contribution in [1.29, 1.82) is 0 Å². The molecule has 0 bridgehead atoms. The summed E-state index contributed by atoms with van der Waals surface area (Å²) in [6, 6.07) is 0. The Balaban J connectivity index is 2.97. The first kappa shape index (κ1) is 8.40. The summed E-state index contributed by atoms with van der Waals surface area (Å²) in [5.74, 6) is 0.709. The molecule has 0 N–H and O–H groups in total. The van der Waals surface area contributed by atoms with Crippen LogP contribution in [0, 0.1) is 5.92 Å². The standard InChI is InChI=1S/C6H11IO/c1-6(5-7)3-2-4-8/h4,6H,2-3,5H2,1H3. The predicted octanol–water partition coefficient (Wildman–Crippen LogP) is 2.04. The van der Waals surface area contributed by atoms with Gasteiger partial charge in [0.05, 0.1) is 0 Å². The van der Waals surface area contributed by atoms with E-state index in [9.17, 15) is 4.79 Å². The molecule has 0 saturated heterocycles. The third-order valence-electron chi connectivity index (χ3n) is 1.04. The average Bonchev–Trinajstić information content (AvgIpc) is 1.83. The molecule has 0 spiro atoms. The molecule has 0 aliphatic carbocycles. The fourth-order valence-corrected chi connectivity index (χ4v) is 0.870. The van der Waals surface area contributed by atoms with E-state index in [1.54, 1.807) is 0 Å². The number of alkyl halides is 1. The predicted molar refractivity (Wildman–Crippen MR) is 43.3 cm³/mol. The Kier molecular flexibility index (Phi) is 5.81. The van der Waals surface area contributed by atoms with Crippen LogP contribution in [0.15, 0.2) is 0 Å². The van der Waals surface area contributed by atoms with Crippen LogP contribution < -0.4 is 0 Å². The third kappa shape index (κ3) is 4.56. The number of halogens is 1. The molecule has 0 radical (unpaired) electrons. The monoisotopic (exact) mass is 226 g/mol. The number of hydrogen-bond donors (Lipinski definition) is 0. The van der Waals surface area contributed by atoms with Crippen molar-refractivity contribution in [3.8, 4) is 0 Å². The molecule has 0 aliphatic rings. The molecule has 0 aliphatic heterocycles. The fourth-order valence-electron chi connectivity index (χ4n) is 0.430. The summed E-state index contributed by atoms with van der Waals surface area (Å²) in [6.45, 7) is 2.16. The van der Waals surface area contributed by atoms with E-state index in [0.717, 1.165) is 23.6 Å². The zero-order chi connectivity index (χ0) is 6.41. The van der Waals surface area contributed by atoms with E-state index >= 15 is 0 Å². The SMILES string of the molecule is CC(CI)CCC=O. The Labute approximate surface area is 64.0 Å². The van der Waals surface area contributed by atoms with Gasteiger partial charge in [-0.2, -0.15) is 0 Å². The molecule has 0 aromatic carbocycles. The van der Waals surface area contributed by atoms with Crippen LogP contribution in [-0.4, -0.2) is 10.7 Å². The zero-order valence-corrected chi connectivity index (χ0v) is 7.22. The van der Waals surface area contributed by atoms with Crippen molar-refractivity contribution < 1.29 is 4.79 Å². The average molecular weight is 226 g/mol. The lowest BCUT2D eigenvalue weighted by Gasteiger charge is -2.00. The van der Waals surface area contributed by atoms with Gasteiger partial charge in [-0.25, -0.2) is 0 Å². The Bertz CT molecular complexity index is 63.5. The van der Waals surface area contributed by atoms with E-state index in [1.807, 2.05) is 0 Å². The van der Waals surface area contributed by atoms with Gasteiger partial charge in [-0.05, 0) is 12.3 Å². The van der Waals surface area contributed by atoms with Gasteiger partial charge in [0.15, 0.2) is 0 Å². The van der Waals surface area contributed by atoms with Crippen molar-refractivity contribution >= 4 is 28.9 Å². The first-order chi connectivity index (χ1) is 3.81. The van der Waals surface area contributed by atoms with E-state index < -0.39 is 0 Å². The second kappa shape index (κ2) is 5.54. The maximum atomic E-state index is 9.82. The lowest BCUT2D eigenvalue weighted by molar-refractivity contribution is -0.108. The molecule has 2 heteroatoms. The van der Waals surface area contributed by atoms with Crippen molar-refractivity contribution in [2.75, 3.05) is 4.43 Å². The minimum absolute atomic E-state index is 0.709. The van der Waals surface area contributed by atoms with Gasteiger partial charge in [-0.1, -0.05) is 29.5 Å². The molecule has 1 unspecified atom stereocenters. The van der Waals surface area contributed by atoms with Gasteiger partial charge < -0.3 is 4.79 Å². The zero-order valence-electron chi connectivity index (χ0n) is 5.06. The van der Waals surface area contributed by atoms with Gasteiger partial charge in [-0.3, -0.25) is 0 Å². The molecule has 1 nitrogen and oxygen atoms in total. The summed E-state index contributed by atoms with van der Waals surface area (Å²) >= 11 is 2.34. The summed E-state index contributed by atoms with van der Waals surface area (Å²) in [5, 5.41) is 0. The maximum absolute atomic E-state index is 9.82. The molecule has 48 valence electrons. The van der Waals surface area contributed by atoms with Crippen molar-refractivity contribution in [2.45, 2.75) is 19.8 Å². The van der Waals surface area contributed by atoms with Crippen LogP contribution in [0.4, 0.5) is 0 Å². The highest BCUT2D eigenvalue weighted by atomic mass is 127. The van der Waals surface area contributed by atoms with Crippen molar-refractivity contribution in [3.05, 3.63) is 0 Å². The van der Waals surface area contributed by atoms with E-state index in [4.69, 9.17) is 0 Å². The lowest BCUT2D eigenvalue weighted by Crippen LogP contribution is -1.94. The number of rotatable bonds is 4. The number of carbonyl (C=O) groups is 1. The number of aldehydes is 1. The fraction of sp³-hybridized carbons (Fsp3) is 0.833.